The van der Waals surface area contributed by atoms with Crippen molar-refractivity contribution in [2.75, 3.05) is 0 Å². The molecule has 0 radical (unpaired) electrons. The van der Waals surface area contributed by atoms with E-state index < -0.39 is 0 Å². The lowest BCUT2D eigenvalue weighted by molar-refractivity contribution is 0.667. The van der Waals surface area contributed by atoms with Gasteiger partial charge in [0.15, 0.2) is 11.4 Å². The van der Waals surface area contributed by atoms with Gasteiger partial charge in [0.05, 0.1) is 0 Å². The second kappa shape index (κ2) is 15.6. The van der Waals surface area contributed by atoms with Gasteiger partial charge in [-0.1, -0.05) is 182 Å². The standard InChI is InChI=1S/C58H38N2O/c1-3-15-39(16-4-1)41-19-9-21-43(33-41)45-23-11-25-47(35-45)49-27-13-29-51(37-49)55-57-56(53-31-7-8-32-54(53)61-57)60-58(59-55)52-30-14-28-50(38-52)48-26-12-24-46(36-48)44-22-10-20-42(34-44)40-17-5-2-6-18-40/h1-38H. The van der Waals surface area contributed by atoms with Gasteiger partial charge in [0.2, 0.25) is 0 Å². The van der Waals surface area contributed by atoms with Crippen molar-refractivity contribution in [1.29, 1.82) is 0 Å². The minimum atomic E-state index is 0.647. The lowest BCUT2D eigenvalue weighted by Crippen LogP contribution is -1.94. The van der Waals surface area contributed by atoms with E-state index in [0.717, 1.165) is 66.7 Å². The fourth-order valence-corrected chi connectivity index (χ4v) is 8.37. The molecule has 0 amide bonds. The third kappa shape index (κ3) is 7.09. The van der Waals surface area contributed by atoms with Crippen molar-refractivity contribution in [1.82, 2.24) is 9.97 Å². The van der Waals surface area contributed by atoms with Crippen molar-refractivity contribution in [2.45, 2.75) is 0 Å². The Hall–Kier alpha value is -8.14. The van der Waals surface area contributed by atoms with E-state index in [1.54, 1.807) is 0 Å². The Labute approximate surface area is 354 Å². The van der Waals surface area contributed by atoms with Crippen molar-refractivity contribution in [3.63, 3.8) is 0 Å². The summed E-state index contributed by atoms with van der Waals surface area (Å²) in [5.74, 6) is 0.647. The fraction of sp³-hybridized carbons (Fsp3) is 0. The monoisotopic (exact) mass is 778 g/mol. The molecule has 2 aromatic heterocycles. The fourth-order valence-electron chi connectivity index (χ4n) is 8.37. The summed E-state index contributed by atoms with van der Waals surface area (Å²) in [4.78, 5) is 10.5. The minimum absolute atomic E-state index is 0.647. The molecule has 0 fully saturated rings. The Kier molecular flexibility index (Phi) is 9.18. The Morgan fingerprint density at radius 3 is 1.05 bits per heavy atom. The zero-order valence-electron chi connectivity index (χ0n) is 33.2. The molecule has 11 rings (SSSR count). The van der Waals surface area contributed by atoms with Gasteiger partial charge in [-0.15, -0.1) is 0 Å². The van der Waals surface area contributed by atoms with E-state index in [-0.39, 0.29) is 0 Å². The number of fused-ring (bicyclic) bond motifs is 3. The molecular weight excluding hydrogens is 741 g/mol. The van der Waals surface area contributed by atoms with Crippen molar-refractivity contribution in [3.05, 3.63) is 231 Å². The molecule has 3 nitrogen and oxygen atoms in total. The quantitative estimate of drug-likeness (QED) is 0.154. The Morgan fingerprint density at radius 2 is 0.590 bits per heavy atom. The smallest absolute Gasteiger partial charge is 0.180 e. The summed E-state index contributed by atoms with van der Waals surface area (Å²) in [6.45, 7) is 0. The van der Waals surface area contributed by atoms with Crippen LogP contribution in [-0.4, -0.2) is 9.97 Å². The van der Waals surface area contributed by atoms with E-state index in [1.807, 2.05) is 18.2 Å². The SMILES string of the molecule is c1ccc(-c2cccc(-c3cccc(-c4cccc(-c5nc(-c6cccc(-c7cccc(-c8cccc(-c9ccccc9)c8)c7)c6)c6oc7ccccc7c6n5)c4)c3)c2)cc1. The second-order valence-electron chi connectivity index (χ2n) is 15.4. The summed E-state index contributed by atoms with van der Waals surface area (Å²) in [7, 11) is 0. The number of para-hydroxylation sites is 1. The Morgan fingerprint density at radius 1 is 0.262 bits per heavy atom. The normalized spacial score (nSPS) is 11.3. The van der Waals surface area contributed by atoms with Gasteiger partial charge >= 0.3 is 0 Å². The van der Waals surface area contributed by atoms with Gasteiger partial charge in [0, 0.05) is 16.5 Å². The van der Waals surface area contributed by atoms with Crippen LogP contribution in [0.5, 0.6) is 0 Å². The highest BCUT2D eigenvalue weighted by molar-refractivity contribution is 6.07. The summed E-state index contributed by atoms with van der Waals surface area (Å²) in [5, 5.41) is 0.963. The van der Waals surface area contributed by atoms with Crippen LogP contribution in [0.25, 0.3) is 111 Å². The van der Waals surface area contributed by atoms with Crippen LogP contribution >= 0.6 is 0 Å². The van der Waals surface area contributed by atoms with E-state index >= 15 is 0 Å². The molecule has 2 heterocycles. The average Bonchev–Trinajstić information content (AvgIpc) is 3.73. The predicted octanol–water partition coefficient (Wildman–Crippen LogP) is 15.7. The molecule has 0 aliphatic heterocycles. The number of hydrogen-bond donors (Lipinski definition) is 0. The number of rotatable bonds is 8. The van der Waals surface area contributed by atoms with Gasteiger partial charge in [0.1, 0.15) is 16.8 Å². The first-order valence-electron chi connectivity index (χ1n) is 20.6. The first kappa shape index (κ1) is 36.0. The summed E-state index contributed by atoms with van der Waals surface area (Å²) in [6, 6.07) is 81.3. The van der Waals surface area contributed by atoms with Gasteiger partial charge < -0.3 is 4.42 Å². The van der Waals surface area contributed by atoms with Gasteiger partial charge in [-0.05, 0) is 115 Å². The molecule has 0 aliphatic rings. The third-order valence-corrected chi connectivity index (χ3v) is 11.5. The summed E-state index contributed by atoms with van der Waals surface area (Å²) in [6.07, 6.45) is 0. The van der Waals surface area contributed by atoms with Crippen molar-refractivity contribution < 1.29 is 4.42 Å². The maximum Gasteiger partial charge on any atom is 0.180 e. The molecule has 286 valence electrons. The van der Waals surface area contributed by atoms with Gasteiger partial charge in [-0.2, -0.15) is 0 Å². The van der Waals surface area contributed by atoms with Crippen LogP contribution in [0, 0.1) is 0 Å². The number of hydrogen-bond acceptors (Lipinski definition) is 3. The topological polar surface area (TPSA) is 38.9 Å². The summed E-state index contributed by atoms with van der Waals surface area (Å²) >= 11 is 0. The van der Waals surface area contributed by atoms with Crippen molar-refractivity contribution in [2.24, 2.45) is 0 Å². The van der Waals surface area contributed by atoms with E-state index in [0.29, 0.717) is 11.4 Å². The summed E-state index contributed by atoms with van der Waals surface area (Å²) < 4.78 is 6.56. The number of nitrogens with zero attached hydrogens (tertiary/aromatic N) is 2. The average molecular weight is 779 g/mol. The molecule has 0 saturated carbocycles. The van der Waals surface area contributed by atoms with Crippen LogP contribution in [-0.2, 0) is 0 Å². The lowest BCUT2D eigenvalue weighted by Gasteiger charge is -2.11. The molecule has 11 aromatic rings. The van der Waals surface area contributed by atoms with Gasteiger partial charge in [0.25, 0.3) is 0 Å². The number of furan rings is 1. The van der Waals surface area contributed by atoms with Crippen LogP contribution < -0.4 is 0 Å². The van der Waals surface area contributed by atoms with Crippen LogP contribution in [0.1, 0.15) is 0 Å². The Balaban J connectivity index is 0.972. The first-order valence-corrected chi connectivity index (χ1v) is 20.6. The number of benzene rings is 9. The molecule has 61 heavy (non-hydrogen) atoms. The lowest BCUT2D eigenvalue weighted by atomic mass is 9.95. The third-order valence-electron chi connectivity index (χ3n) is 11.5. The molecule has 0 atom stereocenters. The van der Waals surface area contributed by atoms with E-state index in [2.05, 4.69) is 212 Å². The molecule has 0 spiro atoms. The minimum Gasteiger partial charge on any atom is -0.452 e. The highest BCUT2D eigenvalue weighted by Gasteiger charge is 2.19. The first-order chi connectivity index (χ1) is 30.2. The molecule has 9 aromatic carbocycles. The zero-order valence-corrected chi connectivity index (χ0v) is 33.2. The maximum absolute atomic E-state index is 6.56. The Bertz CT molecular complexity index is 3370. The van der Waals surface area contributed by atoms with E-state index in [9.17, 15) is 0 Å². The van der Waals surface area contributed by atoms with Crippen LogP contribution in [0.15, 0.2) is 235 Å². The number of aromatic nitrogens is 2. The van der Waals surface area contributed by atoms with E-state index in [4.69, 9.17) is 14.4 Å². The molecular formula is C58H38N2O. The maximum atomic E-state index is 6.56. The van der Waals surface area contributed by atoms with Crippen molar-refractivity contribution in [3.8, 4) is 89.4 Å². The summed E-state index contributed by atoms with van der Waals surface area (Å²) in [5.41, 5.74) is 18.8. The van der Waals surface area contributed by atoms with Crippen LogP contribution in [0.3, 0.4) is 0 Å². The predicted molar refractivity (Wildman–Crippen MR) is 253 cm³/mol. The second-order valence-corrected chi connectivity index (χ2v) is 15.4. The van der Waals surface area contributed by atoms with Crippen molar-refractivity contribution >= 4 is 22.1 Å². The van der Waals surface area contributed by atoms with Crippen LogP contribution in [0.4, 0.5) is 0 Å². The van der Waals surface area contributed by atoms with E-state index in [1.165, 1.54) is 33.4 Å². The van der Waals surface area contributed by atoms with Gasteiger partial charge in [-0.25, -0.2) is 9.97 Å². The molecule has 0 N–H and O–H groups in total. The highest BCUT2D eigenvalue weighted by Crippen LogP contribution is 2.38. The zero-order chi connectivity index (χ0) is 40.5. The van der Waals surface area contributed by atoms with Gasteiger partial charge in [-0.3, -0.25) is 0 Å². The molecule has 0 unspecified atom stereocenters. The molecule has 0 saturated heterocycles. The van der Waals surface area contributed by atoms with Crippen LogP contribution in [0.2, 0.25) is 0 Å². The molecule has 0 aliphatic carbocycles. The molecule has 3 heteroatoms. The molecule has 0 bridgehead atoms. The highest BCUT2D eigenvalue weighted by atomic mass is 16.3. The largest absolute Gasteiger partial charge is 0.452 e.